The Morgan fingerprint density at radius 3 is 2.33 bits per heavy atom. The van der Waals surface area contributed by atoms with Gasteiger partial charge in [-0.25, -0.2) is 0 Å². The number of piperidine rings is 1. The Kier molecular flexibility index (Phi) is 3.05. The van der Waals surface area contributed by atoms with E-state index >= 15 is 0 Å². The molecule has 0 N–H and O–H groups in total. The first-order valence-electron chi connectivity index (χ1n) is 5.43. The predicted octanol–water partition coefficient (Wildman–Crippen LogP) is 2.23. The fourth-order valence-corrected chi connectivity index (χ4v) is 2.19. The maximum atomic E-state index is 11.1. The van der Waals surface area contributed by atoms with Gasteiger partial charge in [-0.15, -0.1) is 0 Å². The molecule has 0 bridgehead atoms. The molecular formula is C13H16NO. The zero-order valence-electron chi connectivity index (χ0n) is 8.86. The summed E-state index contributed by atoms with van der Waals surface area (Å²) in [6.07, 6.45) is 2.12. The summed E-state index contributed by atoms with van der Waals surface area (Å²) in [5.74, 6) is 0.573. The van der Waals surface area contributed by atoms with Crippen molar-refractivity contribution >= 4 is 5.91 Å². The van der Waals surface area contributed by atoms with Crippen LogP contribution >= 0.6 is 0 Å². The number of benzene rings is 1. The van der Waals surface area contributed by atoms with Gasteiger partial charge in [0.05, 0.1) is 0 Å². The van der Waals surface area contributed by atoms with Gasteiger partial charge in [0, 0.05) is 20.0 Å². The van der Waals surface area contributed by atoms with E-state index in [1.807, 2.05) is 11.0 Å². The Morgan fingerprint density at radius 1 is 1.20 bits per heavy atom. The van der Waals surface area contributed by atoms with Crippen LogP contribution in [0.4, 0.5) is 0 Å². The van der Waals surface area contributed by atoms with E-state index in [2.05, 4.69) is 31.2 Å². The maximum Gasteiger partial charge on any atom is 0.223 e. The van der Waals surface area contributed by atoms with Crippen LogP contribution in [0.3, 0.4) is 0 Å². The van der Waals surface area contributed by atoms with E-state index in [4.69, 9.17) is 0 Å². The lowest BCUT2D eigenvalue weighted by Crippen LogP contribution is -2.36. The van der Waals surface area contributed by atoms with Gasteiger partial charge < -0.3 is 4.90 Å². The van der Waals surface area contributed by atoms with Crippen LogP contribution in [0.1, 0.15) is 24.3 Å². The fraction of sp³-hybridized carbons (Fsp3) is 0.385. The van der Waals surface area contributed by atoms with E-state index in [9.17, 15) is 4.79 Å². The van der Waals surface area contributed by atoms with Crippen molar-refractivity contribution in [1.29, 1.82) is 0 Å². The minimum atomic E-state index is -0.0403. The second kappa shape index (κ2) is 4.47. The molecule has 0 aliphatic carbocycles. The molecule has 1 aliphatic rings. The van der Waals surface area contributed by atoms with Crippen LogP contribution in [0, 0.1) is 6.92 Å². The summed E-state index contributed by atoms with van der Waals surface area (Å²) in [6, 6.07) is 10.5. The molecule has 1 heterocycles. The molecule has 0 saturated carbocycles. The van der Waals surface area contributed by atoms with Crippen LogP contribution in [0.5, 0.6) is 0 Å². The number of hydrogen-bond donors (Lipinski definition) is 0. The molecule has 1 aliphatic heterocycles. The number of carbonyl (C=O) groups excluding carboxylic acids is 1. The van der Waals surface area contributed by atoms with Gasteiger partial charge >= 0.3 is 0 Å². The first kappa shape index (κ1) is 10.2. The molecular weight excluding hydrogens is 186 g/mol. The third-order valence-electron chi connectivity index (χ3n) is 3.12. The normalized spacial score (nSPS) is 17.8. The summed E-state index contributed by atoms with van der Waals surface area (Å²) in [5.41, 5.74) is 1.40. The quantitative estimate of drug-likeness (QED) is 0.684. The molecule has 2 heteroatoms. The van der Waals surface area contributed by atoms with Crippen molar-refractivity contribution in [2.24, 2.45) is 0 Å². The highest BCUT2D eigenvalue weighted by molar-refractivity contribution is 5.80. The van der Waals surface area contributed by atoms with Crippen molar-refractivity contribution in [1.82, 2.24) is 4.90 Å². The van der Waals surface area contributed by atoms with E-state index in [0.717, 1.165) is 25.9 Å². The SMILES string of the molecule is [CH2]C(=O)N1CCC(c2ccccc2)CC1. The second-order valence-electron chi connectivity index (χ2n) is 4.07. The molecule has 1 saturated heterocycles. The Labute approximate surface area is 90.9 Å². The molecule has 1 radical (unpaired) electrons. The molecule has 0 aromatic heterocycles. The molecule has 1 fully saturated rings. The average molecular weight is 202 g/mol. The predicted molar refractivity (Wildman–Crippen MR) is 60.4 cm³/mol. The highest BCUT2D eigenvalue weighted by Crippen LogP contribution is 2.27. The standard InChI is InChI=1S/C13H16NO/c1-11(15)14-9-7-13(8-10-14)12-5-3-2-4-6-12/h2-6,13H,1,7-10H2. The minimum Gasteiger partial charge on any atom is -0.343 e. The smallest absolute Gasteiger partial charge is 0.223 e. The van der Waals surface area contributed by atoms with Gasteiger partial charge in [0.2, 0.25) is 5.91 Å². The largest absolute Gasteiger partial charge is 0.343 e. The Bertz CT molecular complexity index is 326. The minimum absolute atomic E-state index is 0.0403. The molecule has 2 rings (SSSR count). The van der Waals surface area contributed by atoms with Crippen molar-refractivity contribution in [2.45, 2.75) is 18.8 Å². The van der Waals surface area contributed by atoms with Crippen LogP contribution < -0.4 is 0 Å². The maximum absolute atomic E-state index is 11.1. The molecule has 2 nitrogen and oxygen atoms in total. The third kappa shape index (κ3) is 2.38. The van der Waals surface area contributed by atoms with Gasteiger partial charge in [0.25, 0.3) is 0 Å². The summed E-state index contributed by atoms with van der Waals surface area (Å²) in [7, 11) is 0. The van der Waals surface area contributed by atoms with Crippen LogP contribution in [0.2, 0.25) is 0 Å². The second-order valence-corrected chi connectivity index (χ2v) is 4.07. The highest BCUT2D eigenvalue weighted by Gasteiger charge is 2.21. The van der Waals surface area contributed by atoms with E-state index in [0.29, 0.717) is 5.92 Å². The number of nitrogens with zero attached hydrogens (tertiary/aromatic N) is 1. The molecule has 1 amide bonds. The topological polar surface area (TPSA) is 20.3 Å². The summed E-state index contributed by atoms with van der Waals surface area (Å²) in [5, 5.41) is 0. The lowest BCUT2D eigenvalue weighted by molar-refractivity contribution is -0.127. The van der Waals surface area contributed by atoms with Gasteiger partial charge in [0.15, 0.2) is 0 Å². The zero-order chi connectivity index (χ0) is 10.7. The monoisotopic (exact) mass is 202 g/mol. The van der Waals surface area contributed by atoms with Gasteiger partial charge in [-0.1, -0.05) is 30.3 Å². The van der Waals surface area contributed by atoms with Crippen molar-refractivity contribution in [2.75, 3.05) is 13.1 Å². The summed E-state index contributed by atoms with van der Waals surface area (Å²) in [6.45, 7) is 5.15. The third-order valence-corrected chi connectivity index (χ3v) is 3.12. The number of carbonyl (C=O) groups is 1. The van der Waals surface area contributed by atoms with Crippen LogP contribution in [0.15, 0.2) is 30.3 Å². The van der Waals surface area contributed by atoms with E-state index in [1.54, 1.807) is 0 Å². The van der Waals surface area contributed by atoms with Crippen molar-refractivity contribution < 1.29 is 4.79 Å². The number of rotatable bonds is 1. The highest BCUT2D eigenvalue weighted by atomic mass is 16.2. The van der Waals surface area contributed by atoms with Crippen LogP contribution in [0.25, 0.3) is 0 Å². The number of amides is 1. The molecule has 0 spiro atoms. The number of hydrogen-bond acceptors (Lipinski definition) is 1. The van der Waals surface area contributed by atoms with Crippen molar-refractivity contribution in [3.05, 3.63) is 42.8 Å². The van der Waals surface area contributed by atoms with Gasteiger partial charge in [0.1, 0.15) is 0 Å². The van der Waals surface area contributed by atoms with Gasteiger partial charge in [-0.3, -0.25) is 4.79 Å². The summed E-state index contributed by atoms with van der Waals surface area (Å²) in [4.78, 5) is 12.9. The summed E-state index contributed by atoms with van der Waals surface area (Å²) < 4.78 is 0. The Morgan fingerprint density at radius 2 is 1.80 bits per heavy atom. The average Bonchev–Trinajstić information content (AvgIpc) is 2.30. The summed E-state index contributed by atoms with van der Waals surface area (Å²) >= 11 is 0. The molecule has 0 unspecified atom stereocenters. The fourth-order valence-electron chi connectivity index (χ4n) is 2.19. The zero-order valence-corrected chi connectivity index (χ0v) is 8.86. The van der Waals surface area contributed by atoms with Gasteiger partial charge in [-0.05, 0) is 24.3 Å². The van der Waals surface area contributed by atoms with Crippen LogP contribution in [-0.4, -0.2) is 23.9 Å². The van der Waals surface area contributed by atoms with E-state index < -0.39 is 0 Å². The Balaban J connectivity index is 1.97. The van der Waals surface area contributed by atoms with Crippen LogP contribution in [-0.2, 0) is 4.79 Å². The van der Waals surface area contributed by atoms with Crippen molar-refractivity contribution in [3.8, 4) is 0 Å². The molecule has 15 heavy (non-hydrogen) atoms. The first-order valence-corrected chi connectivity index (χ1v) is 5.43. The Hall–Kier alpha value is -1.31. The van der Waals surface area contributed by atoms with Crippen molar-refractivity contribution in [3.63, 3.8) is 0 Å². The van der Waals surface area contributed by atoms with E-state index in [-0.39, 0.29) is 5.91 Å². The molecule has 1 aromatic rings. The number of likely N-dealkylation sites (tertiary alicyclic amines) is 1. The van der Waals surface area contributed by atoms with Gasteiger partial charge in [-0.2, -0.15) is 0 Å². The molecule has 79 valence electrons. The molecule has 1 aromatic carbocycles. The van der Waals surface area contributed by atoms with E-state index in [1.165, 1.54) is 5.56 Å². The first-order chi connectivity index (χ1) is 7.27. The molecule has 0 atom stereocenters. The lowest BCUT2D eigenvalue weighted by Gasteiger charge is -2.31. The lowest BCUT2D eigenvalue weighted by atomic mass is 9.89.